The molecule has 1 aliphatic rings. The van der Waals surface area contributed by atoms with Crippen LogP contribution in [0.2, 0.25) is 5.02 Å². The minimum atomic E-state index is -3.76. The van der Waals surface area contributed by atoms with Gasteiger partial charge in [-0.05, 0) is 50.0 Å². The molecule has 1 aromatic carbocycles. The lowest BCUT2D eigenvalue weighted by atomic mass is 10.00. The van der Waals surface area contributed by atoms with Crippen LogP contribution in [0.5, 0.6) is 0 Å². The average Bonchev–Trinajstić information content (AvgIpc) is 2.42. The van der Waals surface area contributed by atoms with E-state index in [9.17, 15) is 12.8 Å². The molecule has 0 saturated carbocycles. The molecule has 0 radical (unpaired) electrons. The van der Waals surface area contributed by atoms with Crippen LogP contribution in [0.25, 0.3) is 0 Å². The van der Waals surface area contributed by atoms with Crippen molar-refractivity contribution >= 4 is 21.6 Å². The molecule has 1 fully saturated rings. The molecule has 1 aromatic rings. The van der Waals surface area contributed by atoms with Gasteiger partial charge in [0, 0.05) is 13.6 Å². The first-order valence-corrected chi connectivity index (χ1v) is 8.35. The third-order valence-corrected chi connectivity index (χ3v) is 5.80. The number of piperidine rings is 1. The van der Waals surface area contributed by atoms with Gasteiger partial charge in [0.05, 0.1) is 5.02 Å². The fraction of sp³-hybridized carbons (Fsp3) is 0.538. The number of nitrogens with one attached hydrogen (secondary N) is 1. The van der Waals surface area contributed by atoms with Crippen molar-refractivity contribution in [3.05, 3.63) is 29.0 Å². The topological polar surface area (TPSA) is 49.4 Å². The standard InChI is InChI=1S/C13H18ClFN2O2S/c1-17(9-10-3-2-6-16-8-10)20(18,19)13-7-11(15)4-5-12(13)14/h4-5,7,10,16H,2-3,6,8-9H2,1H3. The molecule has 2 rings (SSSR count). The zero-order valence-electron chi connectivity index (χ0n) is 11.3. The lowest BCUT2D eigenvalue weighted by molar-refractivity contribution is 0.314. The second-order valence-electron chi connectivity index (χ2n) is 5.07. The van der Waals surface area contributed by atoms with E-state index in [0.29, 0.717) is 6.54 Å². The molecule has 1 N–H and O–H groups in total. The van der Waals surface area contributed by atoms with Crippen LogP contribution in [-0.2, 0) is 10.0 Å². The Kier molecular flexibility index (Phi) is 5.01. The zero-order valence-corrected chi connectivity index (χ0v) is 12.8. The molecular formula is C13H18ClFN2O2S. The van der Waals surface area contributed by atoms with Gasteiger partial charge >= 0.3 is 0 Å². The summed E-state index contributed by atoms with van der Waals surface area (Å²) in [7, 11) is -2.25. The summed E-state index contributed by atoms with van der Waals surface area (Å²) in [5, 5.41) is 3.29. The van der Waals surface area contributed by atoms with Gasteiger partial charge in [0.25, 0.3) is 0 Å². The molecule has 1 aliphatic heterocycles. The third kappa shape index (κ3) is 3.49. The van der Waals surface area contributed by atoms with Crippen LogP contribution in [0.1, 0.15) is 12.8 Å². The fourth-order valence-electron chi connectivity index (χ4n) is 2.38. The highest BCUT2D eigenvalue weighted by Crippen LogP contribution is 2.25. The number of halogens is 2. The molecule has 0 bridgehead atoms. The van der Waals surface area contributed by atoms with Gasteiger partial charge in [-0.25, -0.2) is 17.1 Å². The molecule has 4 nitrogen and oxygen atoms in total. The molecule has 20 heavy (non-hydrogen) atoms. The van der Waals surface area contributed by atoms with Crippen LogP contribution in [0.4, 0.5) is 4.39 Å². The summed E-state index contributed by atoms with van der Waals surface area (Å²) in [6, 6.07) is 3.37. The lowest BCUT2D eigenvalue weighted by Crippen LogP contribution is -2.39. The Morgan fingerprint density at radius 2 is 2.25 bits per heavy atom. The van der Waals surface area contributed by atoms with Crippen LogP contribution in [-0.4, -0.2) is 39.4 Å². The molecule has 0 amide bonds. The van der Waals surface area contributed by atoms with Crippen LogP contribution >= 0.6 is 11.6 Å². The van der Waals surface area contributed by atoms with Gasteiger partial charge in [0.15, 0.2) is 0 Å². The first-order valence-electron chi connectivity index (χ1n) is 6.53. The van der Waals surface area contributed by atoms with E-state index < -0.39 is 15.8 Å². The number of nitrogens with zero attached hydrogens (tertiary/aromatic N) is 1. The maximum absolute atomic E-state index is 13.2. The first-order chi connectivity index (χ1) is 9.41. The largest absolute Gasteiger partial charge is 0.316 e. The van der Waals surface area contributed by atoms with E-state index in [0.717, 1.165) is 38.1 Å². The van der Waals surface area contributed by atoms with Crippen molar-refractivity contribution in [2.75, 3.05) is 26.7 Å². The Morgan fingerprint density at radius 1 is 1.50 bits per heavy atom. The van der Waals surface area contributed by atoms with Crippen LogP contribution in [0, 0.1) is 11.7 Å². The second kappa shape index (κ2) is 6.39. The Hall–Kier alpha value is -0.690. The monoisotopic (exact) mass is 320 g/mol. The minimum absolute atomic E-state index is 0.0417. The molecular weight excluding hydrogens is 303 g/mol. The second-order valence-corrected chi connectivity index (χ2v) is 7.49. The normalized spacial score (nSPS) is 20.3. The molecule has 1 saturated heterocycles. The molecule has 0 aliphatic carbocycles. The average molecular weight is 321 g/mol. The van der Waals surface area contributed by atoms with Crippen molar-refractivity contribution in [2.45, 2.75) is 17.7 Å². The molecule has 0 aromatic heterocycles. The Balaban J connectivity index is 2.18. The van der Waals surface area contributed by atoms with E-state index in [1.54, 1.807) is 0 Å². The van der Waals surface area contributed by atoms with Gasteiger partial charge in [0.2, 0.25) is 10.0 Å². The highest BCUT2D eigenvalue weighted by molar-refractivity contribution is 7.89. The fourth-order valence-corrected chi connectivity index (χ4v) is 4.11. The van der Waals surface area contributed by atoms with Crippen molar-refractivity contribution in [1.82, 2.24) is 9.62 Å². The maximum Gasteiger partial charge on any atom is 0.244 e. The Morgan fingerprint density at radius 3 is 2.90 bits per heavy atom. The number of hydrogen-bond acceptors (Lipinski definition) is 3. The van der Waals surface area contributed by atoms with Gasteiger partial charge in [-0.1, -0.05) is 11.6 Å². The predicted molar refractivity (Wildman–Crippen MR) is 76.8 cm³/mol. The van der Waals surface area contributed by atoms with Gasteiger partial charge in [-0.2, -0.15) is 0 Å². The Labute approximate surface area is 124 Å². The van der Waals surface area contributed by atoms with Crippen molar-refractivity contribution < 1.29 is 12.8 Å². The molecule has 0 spiro atoms. The smallest absolute Gasteiger partial charge is 0.244 e. The Bertz CT molecular complexity index is 574. The zero-order chi connectivity index (χ0) is 14.8. The van der Waals surface area contributed by atoms with E-state index >= 15 is 0 Å². The van der Waals surface area contributed by atoms with E-state index in [1.165, 1.54) is 17.4 Å². The molecule has 112 valence electrons. The van der Waals surface area contributed by atoms with Crippen molar-refractivity contribution in [3.8, 4) is 0 Å². The van der Waals surface area contributed by atoms with E-state index in [1.807, 2.05) is 0 Å². The summed E-state index contributed by atoms with van der Waals surface area (Å²) in [4.78, 5) is -0.176. The van der Waals surface area contributed by atoms with E-state index in [-0.39, 0.29) is 15.8 Å². The maximum atomic E-state index is 13.2. The predicted octanol–water partition coefficient (Wildman–Crippen LogP) is 2.10. The highest BCUT2D eigenvalue weighted by Gasteiger charge is 2.27. The number of hydrogen-bond donors (Lipinski definition) is 1. The van der Waals surface area contributed by atoms with Gasteiger partial charge in [-0.3, -0.25) is 0 Å². The van der Waals surface area contributed by atoms with Crippen LogP contribution < -0.4 is 5.32 Å². The highest BCUT2D eigenvalue weighted by atomic mass is 35.5. The molecule has 1 atom stereocenters. The third-order valence-electron chi connectivity index (χ3n) is 3.50. The van der Waals surface area contributed by atoms with Crippen LogP contribution in [0.15, 0.2) is 23.1 Å². The van der Waals surface area contributed by atoms with Crippen molar-refractivity contribution in [1.29, 1.82) is 0 Å². The molecule has 1 heterocycles. The van der Waals surface area contributed by atoms with Gasteiger partial charge < -0.3 is 5.32 Å². The quantitative estimate of drug-likeness (QED) is 0.924. The summed E-state index contributed by atoms with van der Waals surface area (Å²) < 4.78 is 39.4. The lowest BCUT2D eigenvalue weighted by Gasteiger charge is -2.27. The van der Waals surface area contributed by atoms with Crippen molar-refractivity contribution in [2.24, 2.45) is 5.92 Å². The van der Waals surface area contributed by atoms with Crippen molar-refractivity contribution in [3.63, 3.8) is 0 Å². The first kappa shape index (κ1) is 15.7. The van der Waals surface area contributed by atoms with Gasteiger partial charge in [-0.15, -0.1) is 0 Å². The number of sulfonamides is 1. The number of benzene rings is 1. The van der Waals surface area contributed by atoms with Crippen LogP contribution in [0.3, 0.4) is 0 Å². The summed E-state index contributed by atoms with van der Waals surface area (Å²) >= 11 is 5.88. The van der Waals surface area contributed by atoms with E-state index in [2.05, 4.69) is 5.32 Å². The molecule has 7 heteroatoms. The van der Waals surface area contributed by atoms with E-state index in [4.69, 9.17) is 11.6 Å². The minimum Gasteiger partial charge on any atom is -0.316 e. The molecule has 1 unspecified atom stereocenters. The summed E-state index contributed by atoms with van der Waals surface area (Å²) in [5.74, 6) is -0.337. The summed E-state index contributed by atoms with van der Waals surface area (Å²) in [5.41, 5.74) is 0. The SMILES string of the molecule is CN(CC1CCCNC1)S(=O)(=O)c1cc(F)ccc1Cl. The number of rotatable bonds is 4. The summed E-state index contributed by atoms with van der Waals surface area (Å²) in [6.07, 6.45) is 2.03. The summed E-state index contributed by atoms with van der Waals surface area (Å²) in [6.45, 7) is 2.18. The van der Waals surface area contributed by atoms with Gasteiger partial charge in [0.1, 0.15) is 10.7 Å².